The molecule has 1 amide bonds. The van der Waals surface area contributed by atoms with Gasteiger partial charge in [0.25, 0.3) is 0 Å². The van der Waals surface area contributed by atoms with Gasteiger partial charge in [0.1, 0.15) is 6.54 Å². The Kier molecular flexibility index (Phi) is 9.04. The molecule has 0 spiro atoms. The maximum atomic E-state index is 12.3. The molecule has 2 rings (SSSR count). The topological polar surface area (TPSA) is 66.5 Å². The number of benzene rings is 2. The van der Waals surface area contributed by atoms with Crippen molar-refractivity contribution < 1.29 is 13.2 Å². The minimum Gasteiger partial charge on any atom is -0.354 e. The normalized spacial score (nSPS) is 11.3. The summed E-state index contributed by atoms with van der Waals surface area (Å²) in [6, 6.07) is 15.7. The molecule has 0 saturated heterocycles. The maximum Gasteiger partial charge on any atom is 0.240 e. The van der Waals surface area contributed by atoms with Crippen LogP contribution in [0.2, 0.25) is 0 Å². The molecule has 158 valence electrons. The summed E-state index contributed by atoms with van der Waals surface area (Å²) in [5.41, 5.74) is 4.19. The lowest BCUT2D eigenvalue weighted by atomic mass is 10.1. The van der Waals surface area contributed by atoms with Gasteiger partial charge in [-0.3, -0.25) is 9.10 Å². The van der Waals surface area contributed by atoms with Gasteiger partial charge in [-0.1, -0.05) is 48.9 Å². The van der Waals surface area contributed by atoms with Crippen LogP contribution in [0.1, 0.15) is 30.0 Å². The lowest BCUT2D eigenvalue weighted by Crippen LogP contribution is -2.40. The molecule has 5 nitrogen and oxygen atoms in total. The van der Waals surface area contributed by atoms with Gasteiger partial charge < -0.3 is 5.32 Å². The lowest BCUT2D eigenvalue weighted by Gasteiger charge is -2.22. The van der Waals surface area contributed by atoms with E-state index < -0.39 is 10.0 Å². The van der Waals surface area contributed by atoms with Crippen LogP contribution in [0, 0.1) is 6.92 Å². The molecule has 29 heavy (non-hydrogen) atoms. The Morgan fingerprint density at radius 3 is 2.45 bits per heavy atom. The highest BCUT2D eigenvalue weighted by atomic mass is 32.2. The largest absolute Gasteiger partial charge is 0.354 e. The first-order valence-electron chi connectivity index (χ1n) is 9.76. The van der Waals surface area contributed by atoms with Crippen LogP contribution in [0.5, 0.6) is 0 Å². The number of carbonyl (C=O) groups excluding carboxylic acids is 1. The second-order valence-corrected chi connectivity index (χ2v) is 10.0. The predicted molar refractivity (Wildman–Crippen MR) is 123 cm³/mol. The van der Waals surface area contributed by atoms with E-state index in [1.54, 1.807) is 12.1 Å². The predicted octanol–water partition coefficient (Wildman–Crippen LogP) is 3.76. The summed E-state index contributed by atoms with van der Waals surface area (Å²) in [5.74, 6) is 1.59. The molecule has 0 saturated carbocycles. The molecule has 0 fully saturated rings. The van der Waals surface area contributed by atoms with Crippen molar-refractivity contribution in [3.63, 3.8) is 0 Å². The number of hydrogen-bond acceptors (Lipinski definition) is 4. The van der Waals surface area contributed by atoms with Crippen LogP contribution in [-0.4, -0.2) is 39.4 Å². The fourth-order valence-electron chi connectivity index (χ4n) is 2.88. The van der Waals surface area contributed by atoms with Crippen LogP contribution in [-0.2, 0) is 27.0 Å². The van der Waals surface area contributed by atoms with Crippen molar-refractivity contribution in [2.75, 3.05) is 29.4 Å². The highest BCUT2D eigenvalue weighted by Gasteiger charge is 2.20. The molecule has 0 aliphatic carbocycles. The van der Waals surface area contributed by atoms with Crippen LogP contribution in [0.15, 0.2) is 48.5 Å². The molecule has 7 heteroatoms. The molecule has 0 unspecified atom stereocenters. The zero-order chi connectivity index (χ0) is 21.3. The van der Waals surface area contributed by atoms with E-state index in [-0.39, 0.29) is 12.5 Å². The zero-order valence-electron chi connectivity index (χ0n) is 17.3. The number of hydrogen-bond donors (Lipinski definition) is 1. The van der Waals surface area contributed by atoms with E-state index in [1.165, 1.54) is 11.1 Å². The van der Waals surface area contributed by atoms with Gasteiger partial charge in [0.05, 0.1) is 11.9 Å². The van der Waals surface area contributed by atoms with Crippen molar-refractivity contribution >= 4 is 33.4 Å². The van der Waals surface area contributed by atoms with E-state index in [2.05, 4.69) is 36.5 Å². The summed E-state index contributed by atoms with van der Waals surface area (Å²) in [6.07, 6.45) is 2.84. The number of aryl methyl sites for hydroxylation is 2. The van der Waals surface area contributed by atoms with Gasteiger partial charge in [-0.05, 0) is 48.8 Å². The molecule has 0 aliphatic heterocycles. The number of thioether (sulfide) groups is 1. The second-order valence-electron chi connectivity index (χ2n) is 7.03. The Hall–Kier alpha value is -1.99. The summed E-state index contributed by atoms with van der Waals surface area (Å²) < 4.78 is 25.4. The highest BCUT2D eigenvalue weighted by molar-refractivity contribution is 7.98. The van der Waals surface area contributed by atoms with Gasteiger partial charge in [0.2, 0.25) is 15.9 Å². The van der Waals surface area contributed by atoms with Crippen molar-refractivity contribution in [3.05, 3.63) is 65.2 Å². The van der Waals surface area contributed by atoms with Crippen molar-refractivity contribution in [2.24, 2.45) is 0 Å². The van der Waals surface area contributed by atoms with Crippen molar-refractivity contribution in [2.45, 2.75) is 32.4 Å². The third kappa shape index (κ3) is 8.11. The molecule has 2 aromatic rings. The lowest BCUT2D eigenvalue weighted by molar-refractivity contribution is -0.119. The number of nitrogens with zero attached hydrogens (tertiary/aromatic N) is 1. The number of carbonyl (C=O) groups is 1. The van der Waals surface area contributed by atoms with Crippen molar-refractivity contribution in [3.8, 4) is 0 Å². The average molecular weight is 435 g/mol. The Labute approximate surface area is 178 Å². The quantitative estimate of drug-likeness (QED) is 0.547. The molecular weight excluding hydrogens is 404 g/mol. The first-order chi connectivity index (χ1) is 13.8. The molecule has 0 bridgehead atoms. The number of rotatable bonds is 11. The fraction of sp³-hybridized carbons (Fsp3) is 0.409. The summed E-state index contributed by atoms with van der Waals surface area (Å²) in [4.78, 5) is 12.3. The van der Waals surface area contributed by atoms with Crippen molar-refractivity contribution in [1.29, 1.82) is 0 Å². The first-order valence-corrected chi connectivity index (χ1v) is 12.8. The standard InChI is InChI=1S/C22H30N2O3S2/c1-4-19-9-11-21(12-10-19)24(29(3,26)27)16-22(25)23-13-6-14-28-17-20-8-5-7-18(2)15-20/h5,7-12,15H,4,6,13-14,16-17H2,1-3H3,(H,23,25). The zero-order valence-corrected chi connectivity index (χ0v) is 19.0. The fourth-order valence-corrected chi connectivity index (χ4v) is 4.64. The van der Waals surface area contributed by atoms with Gasteiger partial charge >= 0.3 is 0 Å². The number of anilines is 1. The van der Waals surface area contributed by atoms with E-state index in [0.717, 1.165) is 40.5 Å². The Morgan fingerprint density at radius 2 is 1.83 bits per heavy atom. The summed E-state index contributed by atoms with van der Waals surface area (Å²) >= 11 is 1.83. The van der Waals surface area contributed by atoms with E-state index in [0.29, 0.717) is 12.2 Å². The van der Waals surface area contributed by atoms with Crippen LogP contribution in [0.4, 0.5) is 5.69 Å². The van der Waals surface area contributed by atoms with Gasteiger partial charge in [-0.25, -0.2) is 8.42 Å². The Balaban J connectivity index is 1.76. The maximum absolute atomic E-state index is 12.3. The molecule has 0 radical (unpaired) electrons. The molecule has 0 aromatic heterocycles. The van der Waals surface area contributed by atoms with Crippen LogP contribution in [0.3, 0.4) is 0 Å². The van der Waals surface area contributed by atoms with Crippen LogP contribution < -0.4 is 9.62 Å². The average Bonchev–Trinajstić information content (AvgIpc) is 2.68. The molecule has 2 aromatic carbocycles. The number of amides is 1. The third-order valence-electron chi connectivity index (χ3n) is 4.46. The van der Waals surface area contributed by atoms with Crippen molar-refractivity contribution in [1.82, 2.24) is 5.32 Å². The van der Waals surface area contributed by atoms with Gasteiger partial charge in [-0.2, -0.15) is 11.8 Å². The van der Waals surface area contributed by atoms with Crippen LogP contribution >= 0.6 is 11.8 Å². The smallest absolute Gasteiger partial charge is 0.240 e. The molecule has 0 atom stereocenters. The second kappa shape index (κ2) is 11.3. The highest BCUT2D eigenvalue weighted by Crippen LogP contribution is 2.18. The Morgan fingerprint density at radius 1 is 1.10 bits per heavy atom. The minimum absolute atomic E-state index is 0.208. The van der Waals surface area contributed by atoms with Gasteiger partial charge in [0, 0.05) is 12.3 Å². The summed E-state index contributed by atoms with van der Waals surface area (Å²) in [7, 11) is -3.54. The summed E-state index contributed by atoms with van der Waals surface area (Å²) in [5, 5.41) is 2.83. The van der Waals surface area contributed by atoms with E-state index >= 15 is 0 Å². The number of nitrogens with one attached hydrogen (secondary N) is 1. The Bertz CT molecular complexity index is 897. The minimum atomic E-state index is -3.54. The first kappa shape index (κ1) is 23.3. The van der Waals surface area contributed by atoms with E-state index in [4.69, 9.17) is 0 Å². The molecule has 0 heterocycles. The monoisotopic (exact) mass is 434 g/mol. The molecular formula is C22H30N2O3S2. The van der Waals surface area contributed by atoms with E-state index in [9.17, 15) is 13.2 Å². The van der Waals surface area contributed by atoms with E-state index in [1.807, 2.05) is 30.8 Å². The molecule has 1 N–H and O–H groups in total. The summed E-state index contributed by atoms with van der Waals surface area (Å²) in [6.45, 7) is 4.45. The van der Waals surface area contributed by atoms with Gasteiger partial charge in [0.15, 0.2) is 0 Å². The van der Waals surface area contributed by atoms with Crippen LogP contribution in [0.25, 0.3) is 0 Å². The number of sulfonamides is 1. The SMILES string of the molecule is CCc1ccc(N(CC(=O)NCCCSCc2cccc(C)c2)S(C)(=O)=O)cc1. The van der Waals surface area contributed by atoms with Gasteiger partial charge in [-0.15, -0.1) is 0 Å². The third-order valence-corrected chi connectivity index (χ3v) is 6.71. The molecule has 0 aliphatic rings.